The van der Waals surface area contributed by atoms with E-state index in [0.29, 0.717) is 0 Å². The average Bonchev–Trinajstić information content (AvgIpc) is 2.86. The molecule has 1 atom stereocenters. The Labute approximate surface area is 121 Å². The summed E-state index contributed by atoms with van der Waals surface area (Å²) in [6.07, 6.45) is -7.20. The van der Waals surface area contributed by atoms with E-state index < -0.39 is 77.7 Å². The van der Waals surface area contributed by atoms with Crippen LogP contribution in [0.5, 0.6) is 0 Å². The fourth-order valence-electron chi connectivity index (χ4n) is 1.68. The molecular weight excluding hydrogens is 248 g/mol. The van der Waals surface area contributed by atoms with Gasteiger partial charge in [0.15, 0.2) is 0 Å². The van der Waals surface area contributed by atoms with Gasteiger partial charge in [-0.25, -0.2) is 0 Å². The third-order valence-electron chi connectivity index (χ3n) is 2.48. The lowest BCUT2D eigenvalue weighted by atomic mass is 10.0. The fraction of sp³-hybridized carbons (Fsp3) is 0.231. The monoisotopic (exact) mass is 267 g/mol. The molecule has 6 nitrogen and oxygen atoms in total. The largest absolute Gasteiger partial charge is 0.295 e. The van der Waals surface area contributed by atoms with E-state index in [1.54, 1.807) is 0 Å². The predicted molar refractivity (Wildman–Crippen MR) is 63.1 cm³/mol. The van der Waals surface area contributed by atoms with E-state index in [2.05, 4.69) is 0 Å². The minimum Gasteiger partial charge on any atom is -0.295 e. The highest BCUT2D eigenvalue weighted by Gasteiger charge is 2.44. The summed E-state index contributed by atoms with van der Waals surface area (Å²) in [5.41, 5.74) is -1.74. The Bertz CT molecular complexity index is 961. The van der Waals surface area contributed by atoms with Crippen LogP contribution in [0.1, 0.15) is 45.8 Å². The molecule has 0 saturated carbocycles. The maximum Gasteiger partial charge on any atom is 0.262 e. The Kier molecular flexibility index (Phi) is 1.11. The van der Waals surface area contributed by atoms with Crippen molar-refractivity contribution < 1.29 is 31.5 Å². The van der Waals surface area contributed by atoms with Gasteiger partial charge in [0, 0.05) is 11.9 Å². The maximum atomic E-state index is 12.8. The van der Waals surface area contributed by atoms with Crippen LogP contribution in [-0.4, -0.2) is 34.5 Å². The molecular formula is C13H10N2O4. The second-order valence-corrected chi connectivity index (χ2v) is 3.58. The second kappa shape index (κ2) is 4.01. The van der Waals surface area contributed by atoms with Crippen molar-refractivity contribution in [3.05, 3.63) is 35.3 Å². The van der Waals surface area contributed by atoms with Gasteiger partial charge in [-0.15, -0.1) is 0 Å². The van der Waals surface area contributed by atoms with Crippen LogP contribution >= 0.6 is 0 Å². The average molecular weight is 267 g/mol. The van der Waals surface area contributed by atoms with Gasteiger partial charge >= 0.3 is 0 Å². The molecule has 1 saturated heterocycles. The zero-order chi connectivity index (χ0) is 21.6. The third-order valence-corrected chi connectivity index (χ3v) is 2.48. The number of imide groups is 2. The molecule has 1 unspecified atom stereocenters. The van der Waals surface area contributed by atoms with Crippen molar-refractivity contribution in [2.75, 3.05) is 0 Å². The molecule has 2 aliphatic heterocycles. The molecule has 1 aromatic rings. The highest BCUT2D eigenvalue weighted by Crippen LogP contribution is 2.26. The Hall–Kier alpha value is -2.50. The molecule has 3 rings (SSSR count). The normalized spacial score (nSPS) is 38.5. The van der Waals surface area contributed by atoms with Crippen LogP contribution in [0.3, 0.4) is 0 Å². The number of amides is 4. The molecule has 1 N–H and O–H groups in total. The molecule has 19 heavy (non-hydrogen) atoms. The van der Waals surface area contributed by atoms with Gasteiger partial charge in [0.1, 0.15) is 6.02 Å². The minimum atomic E-state index is -3.70. The number of hydrogen-bond acceptors (Lipinski definition) is 4. The van der Waals surface area contributed by atoms with Gasteiger partial charge in [-0.05, 0) is 18.5 Å². The summed E-state index contributed by atoms with van der Waals surface area (Å²) in [6.45, 7) is 0. The highest BCUT2D eigenvalue weighted by atomic mass is 16.2. The second-order valence-electron chi connectivity index (χ2n) is 3.58. The molecule has 96 valence electrons. The summed E-state index contributed by atoms with van der Waals surface area (Å²) in [6, 6.07) is -7.20. The van der Waals surface area contributed by atoms with Gasteiger partial charge in [-0.3, -0.25) is 29.4 Å². The van der Waals surface area contributed by atoms with Crippen LogP contribution in [-0.2, 0) is 9.59 Å². The van der Waals surface area contributed by atoms with Crippen LogP contribution in [0.2, 0.25) is 0 Å². The number of nitrogens with zero attached hydrogens (tertiary/aromatic N) is 1. The fourth-order valence-corrected chi connectivity index (χ4v) is 1.68. The molecule has 0 spiro atoms. The summed E-state index contributed by atoms with van der Waals surface area (Å²) in [5, 5.41) is 1.42. The maximum absolute atomic E-state index is 12.8. The number of hydrogen-bond donors (Lipinski definition) is 1. The molecule has 2 aliphatic rings. The van der Waals surface area contributed by atoms with Crippen LogP contribution in [0.15, 0.2) is 24.2 Å². The summed E-state index contributed by atoms with van der Waals surface area (Å²) in [7, 11) is 0. The first-order valence-corrected chi connectivity index (χ1v) is 4.99. The zero-order valence-corrected chi connectivity index (χ0v) is 9.08. The molecule has 1 fully saturated rings. The first kappa shape index (κ1) is 5.24. The van der Waals surface area contributed by atoms with E-state index in [4.69, 9.17) is 12.3 Å². The molecule has 0 bridgehead atoms. The lowest BCUT2D eigenvalue weighted by Crippen LogP contribution is -2.54. The number of piperidine rings is 1. The van der Waals surface area contributed by atoms with Crippen molar-refractivity contribution >= 4 is 23.6 Å². The Balaban J connectivity index is 2.31. The van der Waals surface area contributed by atoms with Crippen LogP contribution in [0.25, 0.3) is 0 Å². The zero-order valence-electron chi connectivity index (χ0n) is 18.1. The molecule has 4 amide bonds. The molecule has 0 aliphatic carbocycles. The van der Waals surface area contributed by atoms with Crippen molar-refractivity contribution in [2.24, 2.45) is 0 Å². The highest BCUT2D eigenvalue weighted by molar-refractivity contribution is 6.23. The van der Waals surface area contributed by atoms with Crippen LogP contribution in [0, 0.1) is 0 Å². The first-order valence-electron chi connectivity index (χ1n) is 9.49. The summed E-state index contributed by atoms with van der Waals surface area (Å²) >= 11 is 0. The molecule has 6 heteroatoms. The quantitative estimate of drug-likeness (QED) is 0.731. The number of carbonyl (C=O) groups excluding carboxylic acids is 4. The SMILES string of the molecule is [2H]c1c([2H])c([2H])c2c(c1[2H])C(=O)N(C1([2H])C(=O)NC(=O)C([2H])([2H])C1([2H])[2H])C2=O. The van der Waals surface area contributed by atoms with Gasteiger partial charge in [-0.1, -0.05) is 12.1 Å². The van der Waals surface area contributed by atoms with Crippen LogP contribution in [0.4, 0.5) is 0 Å². The molecule has 1 aromatic carbocycles. The van der Waals surface area contributed by atoms with E-state index in [1.165, 1.54) is 5.32 Å². The topological polar surface area (TPSA) is 83.6 Å². The number of fused-ring (bicyclic) bond motifs is 1. The van der Waals surface area contributed by atoms with Gasteiger partial charge in [0.05, 0.1) is 18.0 Å². The van der Waals surface area contributed by atoms with Crippen molar-refractivity contribution in [1.82, 2.24) is 10.2 Å². The summed E-state index contributed by atoms with van der Waals surface area (Å²) in [5.74, 6) is -6.65. The van der Waals surface area contributed by atoms with Crippen LogP contribution < -0.4 is 5.32 Å². The van der Waals surface area contributed by atoms with E-state index >= 15 is 0 Å². The predicted octanol–water partition coefficient (Wildman–Crippen LogP) is 0.0878. The number of benzene rings is 1. The van der Waals surface area contributed by atoms with E-state index in [0.717, 1.165) is 0 Å². The van der Waals surface area contributed by atoms with Crippen molar-refractivity contribution in [2.45, 2.75) is 18.8 Å². The smallest absolute Gasteiger partial charge is 0.262 e. The summed E-state index contributed by atoms with van der Waals surface area (Å²) < 4.78 is 70.0. The van der Waals surface area contributed by atoms with Gasteiger partial charge < -0.3 is 0 Å². The van der Waals surface area contributed by atoms with Gasteiger partial charge in [0.2, 0.25) is 11.8 Å². The molecule has 0 radical (unpaired) electrons. The van der Waals surface area contributed by atoms with E-state index in [9.17, 15) is 19.2 Å². The Morgan fingerprint density at radius 3 is 2.37 bits per heavy atom. The number of nitrogens with one attached hydrogen (secondary N) is 1. The third kappa shape index (κ3) is 1.64. The first-order chi connectivity index (χ1) is 12.6. The van der Waals surface area contributed by atoms with Crippen molar-refractivity contribution in [1.29, 1.82) is 0 Å². The number of rotatable bonds is 1. The van der Waals surface area contributed by atoms with Crippen molar-refractivity contribution in [3.63, 3.8) is 0 Å². The standard InChI is InChI=1S/C13H10N2O4/c16-10-6-5-9(11(17)14-10)15-12(18)7-3-1-2-4-8(7)13(15)19/h1-4,9H,5-6H2,(H,14,16,17)/i1D,2D,3D,4D,5D2,6D2,9D. The lowest BCUT2D eigenvalue weighted by molar-refractivity contribution is -0.136. The number of carbonyl (C=O) groups is 4. The Morgan fingerprint density at radius 2 is 1.79 bits per heavy atom. The molecule has 2 heterocycles. The Morgan fingerprint density at radius 1 is 1.21 bits per heavy atom. The van der Waals surface area contributed by atoms with Gasteiger partial charge in [-0.2, -0.15) is 0 Å². The van der Waals surface area contributed by atoms with Gasteiger partial charge in [0.25, 0.3) is 11.8 Å². The minimum absolute atomic E-state index is 0.272. The van der Waals surface area contributed by atoms with E-state index in [-0.39, 0.29) is 4.90 Å². The van der Waals surface area contributed by atoms with E-state index in [1.807, 2.05) is 0 Å². The lowest BCUT2D eigenvalue weighted by Gasteiger charge is -2.27. The summed E-state index contributed by atoms with van der Waals surface area (Å²) in [4.78, 5) is 49.3. The van der Waals surface area contributed by atoms with Crippen molar-refractivity contribution in [3.8, 4) is 0 Å². The molecule has 0 aromatic heterocycles.